The Bertz CT molecular complexity index is 466. The average Bonchev–Trinajstić information content (AvgIpc) is 2.46. The Kier molecular flexibility index (Phi) is 5.01. The summed E-state index contributed by atoms with van der Waals surface area (Å²) in [4.78, 5) is 14.5. The van der Waals surface area contributed by atoms with Crippen LogP contribution in [0.1, 0.15) is 42.1 Å². The molecule has 1 aliphatic heterocycles. The van der Waals surface area contributed by atoms with E-state index in [0.29, 0.717) is 25.9 Å². The molecule has 2 N–H and O–H groups in total. The van der Waals surface area contributed by atoms with E-state index in [2.05, 4.69) is 12.2 Å². The molecule has 1 amide bonds. The monoisotopic (exact) mass is 276 g/mol. The molecule has 1 saturated heterocycles. The van der Waals surface area contributed by atoms with Gasteiger partial charge in [-0.1, -0.05) is 18.6 Å². The van der Waals surface area contributed by atoms with Crippen molar-refractivity contribution in [3.63, 3.8) is 0 Å². The predicted octanol–water partition coefficient (Wildman–Crippen LogP) is 2.41. The number of amides is 1. The number of aryl methyl sites for hydroxylation is 1. The van der Waals surface area contributed by atoms with E-state index in [1.54, 1.807) is 0 Å². The minimum atomic E-state index is -0.255. The second-order valence-corrected chi connectivity index (χ2v) is 5.50. The molecule has 2 rings (SSSR count). The number of likely N-dealkylation sites (tertiary alicyclic amines) is 1. The molecule has 0 bridgehead atoms. The molecule has 0 atom stereocenters. The lowest BCUT2D eigenvalue weighted by molar-refractivity contribution is 0.0547. The Hall–Kier alpha value is -1.55. The number of aliphatic hydroxyl groups is 1. The number of hydrogen-bond acceptors (Lipinski definition) is 3. The standard InChI is InChI=1S/C16H24N2O2/c1-3-8-17-15-5-4-12(2)11-14(15)16(20)18-9-6-13(19)7-10-18/h4-5,11,13,17,19H,3,6-10H2,1-2H3. The number of anilines is 1. The van der Waals surface area contributed by atoms with Crippen LogP contribution in [0.25, 0.3) is 0 Å². The molecule has 20 heavy (non-hydrogen) atoms. The van der Waals surface area contributed by atoms with E-state index < -0.39 is 0 Å². The summed E-state index contributed by atoms with van der Waals surface area (Å²) in [6.45, 7) is 6.25. The van der Waals surface area contributed by atoms with Crippen molar-refractivity contribution in [2.75, 3.05) is 25.0 Å². The number of hydrogen-bond donors (Lipinski definition) is 2. The topological polar surface area (TPSA) is 52.6 Å². The highest BCUT2D eigenvalue weighted by atomic mass is 16.3. The molecule has 1 fully saturated rings. The molecule has 1 aromatic rings. The maximum absolute atomic E-state index is 12.6. The fourth-order valence-electron chi connectivity index (χ4n) is 2.49. The van der Waals surface area contributed by atoms with E-state index in [1.807, 2.05) is 30.0 Å². The van der Waals surface area contributed by atoms with Crippen molar-refractivity contribution in [3.05, 3.63) is 29.3 Å². The van der Waals surface area contributed by atoms with Crippen molar-refractivity contribution in [1.82, 2.24) is 4.90 Å². The Balaban J connectivity index is 2.17. The summed E-state index contributed by atoms with van der Waals surface area (Å²) in [7, 11) is 0. The van der Waals surface area contributed by atoms with Gasteiger partial charge in [-0.2, -0.15) is 0 Å². The number of nitrogens with zero attached hydrogens (tertiary/aromatic N) is 1. The summed E-state index contributed by atoms with van der Waals surface area (Å²) < 4.78 is 0. The predicted molar refractivity (Wildman–Crippen MR) is 81.1 cm³/mol. The molecule has 1 aromatic carbocycles. The van der Waals surface area contributed by atoms with E-state index in [1.165, 1.54) is 0 Å². The smallest absolute Gasteiger partial charge is 0.255 e. The van der Waals surface area contributed by atoms with Crippen LogP contribution in [-0.4, -0.2) is 41.7 Å². The number of benzene rings is 1. The van der Waals surface area contributed by atoms with Crippen LogP contribution in [0.5, 0.6) is 0 Å². The van der Waals surface area contributed by atoms with Crippen molar-refractivity contribution in [1.29, 1.82) is 0 Å². The number of carbonyl (C=O) groups is 1. The lowest BCUT2D eigenvalue weighted by Crippen LogP contribution is -2.40. The second-order valence-electron chi connectivity index (χ2n) is 5.50. The molecule has 1 heterocycles. The zero-order valence-electron chi connectivity index (χ0n) is 12.4. The molecule has 1 aliphatic rings. The number of carbonyl (C=O) groups excluding carboxylic acids is 1. The third kappa shape index (κ3) is 3.51. The van der Waals surface area contributed by atoms with E-state index in [9.17, 15) is 9.90 Å². The Morgan fingerprint density at radius 1 is 1.40 bits per heavy atom. The van der Waals surface area contributed by atoms with Crippen molar-refractivity contribution in [2.45, 2.75) is 39.2 Å². The van der Waals surface area contributed by atoms with E-state index in [0.717, 1.165) is 29.8 Å². The number of piperidine rings is 1. The highest BCUT2D eigenvalue weighted by Gasteiger charge is 2.24. The van der Waals surface area contributed by atoms with Crippen LogP contribution < -0.4 is 5.32 Å². The lowest BCUT2D eigenvalue weighted by atomic mass is 10.0. The normalized spacial score (nSPS) is 16.2. The fourth-order valence-corrected chi connectivity index (χ4v) is 2.49. The van der Waals surface area contributed by atoms with Crippen LogP contribution in [-0.2, 0) is 0 Å². The van der Waals surface area contributed by atoms with Gasteiger partial charge in [-0.15, -0.1) is 0 Å². The van der Waals surface area contributed by atoms with Gasteiger partial charge in [-0.25, -0.2) is 0 Å². The fraction of sp³-hybridized carbons (Fsp3) is 0.562. The molecule has 0 unspecified atom stereocenters. The first-order valence-corrected chi connectivity index (χ1v) is 7.43. The van der Waals surface area contributed by atoms with Crippen molar-refractivity contribution in [2.24, 2.45) is 0 Å². The van der Waals surface area contributed by atoms with Gasteiger partial charge in [0.1, 0.15) is 0 Å². The zero-order valence-corrected chi connectivity index (χ0v) is 12.4. The number of aliphatic hydroxyl groups excluding tert-OH is 1. The van der Waals surface area contributed by atoms with Gasteiger partial charge in [-0.05, 0) is 38.3 Å². The summed E-state index contributed by atoms with van der Waals surface area (Å²) >= 11 is 0. The van der Waals surface area contributed by atoms with Gasteiger partial charge in [-0.3, -0.25) is 4.79 Å². The van der Waals surface area contributed by atoms with Crippen LogP contribution in [0.15, 0.2) is 18.2 Å². The summed E-state index contributed by atoms with van der Waals surface area (Å²) in [5.41, 5.74) is 2.75. The molecule has 110 valence electrons. The third-order valence-electron chi connectivity index (χ3n) is 3.72. The van der Waals surface area contributed by atoms with Crippen LogP contribution in [0.2, 0.25) is 0 Å². The van der Waals surface area contributed by atoms with Gasteiger partial charge in [0.05, 0.1) is 11.7 Å². The van der Waals surface area contributed by atoms with Gasteiger partial charge >= 0.3 is 0 Å². The third-order valence-corrected chi connectivity index (χ3v) is 3.72. The van der Waals surface area contributed by atoms with Crippen molar-refractivity contribution < 1.29 is 9.90 Å². The summed E-state index contributed by atoms with van der Waals surface area (Å²) in [6.07, 6.45) is 2.12. The Labute approximate surface area is 120 Å². The molecule has 0 saturated carbocycles. The zero-order chi connectivity index (χ0) is 14.5. The molecule has 0 spiro atoms. The quantitative estimate of drug-likeness (QED) is 0.888. The van der Waals surface area contributed by atoms with Gasteiger partial charge in [0.2, 0.25) is 0 Å². The first-order valence-electron chi connectivity index (χ1n) is 7.43. The van der Waals surface area contributed by atoms with Crippen LogP contribution in [0.3, 0.4) is 0 Å². The van der Waals surface area contributed by atoms with Crippen LogP contribution >= 0.6 is 0 Å². The second kappa shape index (κ2) is 6.75. The van der Waals surface area contributed by atoms with Crippen LogP contribution in [0, 0.1) is 6.92 Å². The summed E-state index contributed by atoms with van der Waals surface area (Å²) in [5, 5.41) is 12.9. The molecule has 0 aromatic heterocycles. The summed E-state index contributed by atoms with van der Waals surface area (Å²) in [5.74, 6) is 0.0687. The maximum atomic E-state index is 12.6. The summed E-state index contributed by atoms with van der Waals surface area (Å²) in [6, 6.07) is 5.96. The highest BCUT2D eigenvalue weighted by molar-refractivity contribution is 5.99. The molecule has 4 nitrogen and oxygen atoms in total. The minimum Gasteiger partial charge on any atom is -0.393 e. The average molecular weight is 276 g/mol. The van der Waals surface area contributed by atoms with Crippen molar-refractivity contribution in [3.8, 4) is 0 Å². The molecular formula is C16H24N2O2. The molecule has 0 radical (unpaired) electrons. The van der Waals surface area contributed by atoms with Gasteiger partial charge in [0.25, 0.3) is 5.91 Å². The molecule has 4 heteroatoms. The van der Waals surface area contributed by atoms with Crippen molar-refractivity contribution >= 4 is 11.6 Å². The van der Waals surface area contributed by atoms with E-state index in [4.69, 9.17) is 0 Å². The van der Waals surface area contributed by atoms with Crippen LogP contribution in [0.4, 0.5) is 5.69 Å². The van der Waals surface area contributed by atoms with E-state index >= 15 is 0 Å². The largest absolute Gasteiger partial charge is 0.393 e. The van der Waals surface area contributed by atoms with Gasteiger partial charge in [0.15, 0.2) is 0 Å². The molecular weight excluding hydrogens is 252 g/mol. The van der Waals surface area contributed by atoms with Gasteiger partial charge in [0, 0.05) is 25.3 Å². The maximum Gasteiger partial charge on any atom is 0.255 e. The van der Waals surface area contributed by atoms with Gasteiger partial charge < -0.3 is 15.3 Å². The Morgan fingerprint density at radius 3 is 2.75 bits per heavy atom. The van der Waals surface area contributed by atoms with E-state index in [-0.39, 0.29) is 12.0 Å². The number of rotatable bonds is 4. The minimum absolute atomic E-state index is 0.0687. The lowest BCUT2D eigenvalue weighted by Gasteiger charge is -2.30. The molecule has 0 aliphatic carbocycles. The first kappa shape index (κ1) is 14.9. The highest BCUT2D eigenvalue weighted by Crippen LogP contribution is 2.21. The Morgan fingerprint density at radius 2 is 2.10 bits per heavy atom. The first-order chi connectivity index (χ1) is 9.61. The SMILES string of the molecule is CCCNc1ccc(C)cc1C(=O)N1CCC(O)CC1. The number of nitrogens with one attached hydrogen (secondary N) is 1.